The molecule has 1 amide bonds. The van der Waals surface area contributed by atoms with Crippen LogP contribution in [0.5, 0.6) is 0 Å². The third-order valence-corrected chi connectivity index (χ3v) is 3.59. The molecule has 7 nitrogen and oxygen atoms in total. The summed E-state index contributed by atoms with van der Waals surface area (Å²) >= 11 is 0. The molecule has 1 aliphatic heterocycles. The van der Waals surface area contributed by atoms with Gasteiger partial charge in [0.25, 0.3) is 5.91 Å². The van der Waals surface area contributed by atoms with Gasteiger partial charge in [-0.05, 0) is 19.1 Å². The van der Waals surface area contributed by atoms with Crippen LogP contribution < -0.4 is 10.6 Å². The lowest BCUT2D eigenvalue weighted by Crippen LogP contribution is -2.49. The molecule has 1 aliphatic rings. The molecule has 1 fully saturated rings. The summed E-state index contributed by atoms with van der Waals surface area (Å²) < 4.78 is 37.6. The van der Waals surface area contributed by atoms with Crippen molar-refractivity contribution in [3.05, 3.63) is 23.9 Å². The van der Waals surface area contributed by atoms with E-state index >= 15 is 0 Å². The normalized spacial score (nSPS) is 17.0. The van der Waals surface area contributed by atoms with E-state index in [1.807, 2.05) is 4.90 Å². The summed E-state index contributed by atoms with van der Waals surface area (Å²) in [5, 5.41) is 3.59. The predicted octanol–water partition coefficient (Wildman–Crippen LogP) is 1.10. The number of hydrogen-bond donors (Lipinski definition) is 1. The maximum atomic E-state index is 12.5. The maximum absolute atomic E-state index is 12.5. The second-order valence-electron chi connectivity index (χ2n) is 5.66. The molecule has 1 aromatic heterocycles. The molecule has 2 heterocycles. The molecule has 1 unspecified atom stereocenters. The lowest BCUT2D eigenvalue weighted by atomic mass is 10.2. The van der Waals surface area contributed by atoms with Crippen molar-refractivity contribution in [1.29, 1.82) is 0 Å². The van der Waals surface area contributed by atoms with Gasteiger partial charge in [0.1, 0.15) is 5.82 Å². The second-order valence-corrected chi connectivity index (χ2v) is 5.66. The molecule has 10 heteroatoms. The zero-order valence-corrected chi connectivity index (χ0v) is 13.7. The third-order valence-electron chi connectivity index (χ3n) is 3.59. The van der Waals surface area contributed by atoms with Crippen LogP contribution in [0.2, 0.25) is 0 Å². The Kier molecular flexibility index (Phi) is 6.18. The Morgan fingerprint density at radius 3 is 2.60 bits per heavy atom. The van der Waals surface area contributed by atoms with Gasteiger partial charge in [-0.25, -0.2) is 4.98 Å². The minimum atomic E-state index is -4.40. The number of anilines is 1. The molecule has 0 saturated carbocycles. The fourth-order valence-corrected chi connectivity index (χ4v) is 2.25. The predicted molar refractivity (Wildman–Crippen MR) is 86.1 cm³/mol. The number of nitrogens with two attached hydrogens (primary N) is 1. The van der Waals surface area contributed by atoms with Crippen molar-refractivity contribution in [2.24, 2.45) is 10.9 Å². The third kappa shape index (κ3) is 5.59. The number of aromatic nitrogens is 1. The lowest BCUT2D eigenvalue weighted by molar-refractivity contribution is -0.138. The summed E-state index contributed by atoms with van der Waals surface area (Å²) in [6.45, 7) is 3.37. The summed E-state index contributed by atoms with van der Waals surface area (Å²) in [5.74, 6) is 0.250. The number of carbonyl (C=O) groups is 1. The van der Waals surface area contributed by atoms with E-state index in [1.54, 1.807) is 11.8 Å². The van der Waals surface area contributed by atoms with Crippen LogP contribution in [0.15, 0.2) is 23.5 Å². The molecule has 1 saturated heterocycles. The van der Waals surface area contributed by atoms with Crippen molar-refractivity contribution in [2.45, 2.75) is 19.1 Å². The molecule has 0 radical (unpaired) electrons. The van der Waals surface area contributed by atoms with E-state index in [0.29, 0.717) is 32.0 Å². The van der Waals surface area contributed by atoms with Crippen LogP contribution in [-0.4, -0.2) is 60.8 Å². The Bertz CT molecular complexity index is 596. The van der Waals surface area contributed by atoms with Crippen molar-refractivity contribution in [1.82, 2.24) is 9.88 Å². The quantitative estimate of drug-likeness (QED) is 0.629. The minimum absolute atomic E-state index is 0.179. The number of rotatable bonds is 5. The van der Waals surface area contributed by atoms with Gasteiger partial charge in [0.2, 0.25) is 0 Å². The molecule has 25 heavy (non-hydrogen) atoms. The first kappa shape index (κ1) is 19.0. The van der Waals surface area contributed by atoms with Gasteiger partial charge in [-0.1, -0.05) is 5.16 Å². The Hall–Kier alpha value is -2.36. The Morgan fingerprint density at radius 2 is 2.08 bits per heavy atom. The highest BCUT2D eigenvalue weighted by atomic mass is 19.4. The van der Waals surface area contributed by atoms with Gasteiger partial charge in [0.05, 0.1) is 11.8 Å². The van der Waals surface area contributed by atoms with Crippen LogP contribution in [0.1, 0.15) is 12.5 Å². The van der Waals surface area contributed by atoms with Crippen LogP contribution in [0.3, 0.4) is 0 Å². The number of alkyl halides is 3. The number of oxime groups is 1. The monoisotopic (exact) mass is 359 g/mol. The van der Waals surface area contributed by atoms with E-state index in [4.69, 9.17) is 10.6 Å². The first-order valence-corrected chi connectivity index (χ1v) is 7.74. The summed E-state index contributed by atoms with van der Waals surface area (Å²) in [6, 6.07) is 2.09. The number of halogens is 3. The summed E-state index contributed by atoms with van der Waals surface area (Å²) in [5.41, 5.74) is 4.67. The van der Waals surface area contributed by atoms with E-state index in [-0.39, 0.29) is 18.6 Å². The van der Waals surface area contributed by atoms with Gasteiger partial charge < -0.3 is 20.4 Å². The van der Waals surface area contributed by atoms with Crippen molar-refractivity contribution in [2.75, 3.05) is 37.7 Å². The van der Waals surface area contributed by atoms with Gasteiger partial charge in [0, 0.05) is 38.4 Å². The first-order chi connectivity index (χ1) is 11.8. The van der Waals surface area contributed by atoms with Gasteiger partial charge in [0.15, 0.2) is 6.61 Å². The van der Waals surface area contributed by atoms with E-state index in [0.717, 1.165) is 12.3 Å². The average Bonchev–Trinajstić information content (AvgIpc) is 2.58. The van der Waals surface area contributed by atoms with Crippen molar-refractivity contribution < 1.29 is 22.8 Å². The molecule has 0 bridgehead atoms. The number of pyridine rings is 1. The summed E-state index contributed by atoms with van der Waals surface area (Å²) in [4.78, 5) is 24.2. The van der Waals surface area contributed by atoms with Crippen LogP contribution in [0, 0.1) is 0 Å². The zero-order chi connectivity index (χ0) is 18.4. The fourth-order valence-electron chi connectivity index (χ4n) is 2.25. The second kappa shape index (κ2) is 8.15. The fraction of sp³-hybridized carbons (Fsp3) is 0.533. The largest absolute Gasteiger partial charge is 0.417 e. The Morgan fingerprint density at radius 1 is 1.40 bits per heavy atom. The SMILES string of the molecule is CC(N)C=NOCC(=O)N1CCN(c2ccc(C(F)(F)F)cn2)CC1. The first-order valence-electron chi connectivity index (χ1n) is 7.74. The number of hydrogen-bond acceptors (Lipinski definition) is 6. The smallest absolute Gasteiger partial charge is 0.386 e. The maximum Gasteiger partial charge on any atom is 0.417 e. The lowest BCUT2D eigenvalue weighted by Gasteiger charge is -2.35. The molecule has 138 valence electrons. The van der Waals surface area contributed by atoms with E-state index < -0.39 is 11.7 Å². The highest BCUT2D eigenvalue weighted by molar-refractivity contribution is 5.77. The van der Waals surface area contributed by atoms with Crippen LogP contribution >= 0.6 is 0 Å². The van der Waals surface area contributed by atoms with Crippen molar-refractivity contribution in [3.63, 3.8) is 0 Å². The average molecular weight is 359 g/mol. The molecular weight excluding hydrogens is 339 g/mol. The van der Waals surface area contributed by atoms with Crippen LogP contribution in [-0.2, 0) is 15.8 Å². The highest BCUT2D eigenvalue weighted by Crippen LogP contribution is 2.29. The van der Waals surface area contributed by atoms with Crippen molar-refractivity contribution >= 4 is 17.9 Å². The van der Waals surface area contributed by atoms with Gasteiger partial charge >= 0.3 is 6.18 Å². The summed E-state index contributed by atoms with van der Waals surface area (Å²) in [6.07, 6.45) is -2.19. The molecule has 0 aromatic carbocycles. The molecular formula is C15H20F3N5O2. The standard InChI is InChI=1S/C15H20F3N5O2/c1-11(19)8-21-25-10-14(24)23-6-4-22(5-7-23)13-3-2-12(9-20-13)15(16,17)18/h2-3,8-9,11H,4-7,10,19H2,1H3. The van der Waals surface area contributed by atoms with Gasteiger partial charge in [-0.3, -0.25) is 4.79 Å². The van der Waals surface area contributed by atoms with E-state index in [1.165, 1.54) is 12.3 Å². The molecule has 2 N–H and O–H groups in total. The highest BCUT2D eigenvalue weighted by Gasteiger charge is 2.31. The van der Waals surface area contributed by atoms with Gasteiger partial charge in [-0.15, -0.1) is 0 Å². The molecule has 1 atom stereocenters. The van der Waals surface area contributed by atoms with Crippen molar-refractivity contribution in [3.8, 4) is 0 Å². The van der Waals surface area contributed by atoms with Gasteiger partial charge in [-0.2, -0.15) is 13.2 Å². The number of amides is 1. The number of nitrogens with zero attached hydrogens (tertiary/aromatic N) is 4. The molecule has 0 aliphatic carbocycles. The number of carbonyl (C=O) groups excluding carboxylic acids is 1. The minimum Gasteiger partial charge on any atom is -0.386 e. The molecule has 0 spiro atoms. The Balaban J connectivity index is 1.82. The van der Waals surface area contributed by atoms with E-state index in [9.17, 15) is 18.0 Å². The zero-order valence-electron chi connectivity index (χ0n) is 13.7. The van der Waals surface area contributed by atoms with Crippen LogP contribution in [0.4, 0.5) is 19.0 Å². The Labute approximate surface area is 143 Å². The topological polar surface area (TPSA) is 84.0 Å². The van der Waals surface area contributed by atoms with Crippen LogP contribution in [0.25, 0.3) is 0 Å². The molecule has 1 aromatic rings. The van der Waals surface area contributed by atoms with E-state index in [2.05, 4.69) is 10.1 Å². The molecule has 2 rings (SSSR count). The number of piperazine rings is 1. The summed E-state index contributed by atoms with van der Waals surface area (Å²) in [7, 11) is 0.